The Kier molecular flexibility index (Phi) is 6.81. The average molecular weight is 220 g/mol. The Hall–Kier alpha value is 1.56. The van der Waals surface area contributed by atoms with Crippen molar-refractivity contribution in [1.29, 1.82) is 0 Å². The molecule has 0 radical (unpaired) electrons. The van der Waals surface area contributed by atoms with Crippen LogP contribution in [0.3, 0.4) is 0 Å². The Bertz CT molecular complexity index is 153. The summed E-state index contributed by atoms with van der Waals surface area (Å²) in [6.45, 7) is 3.55. The zero-order chi connectivity index (χ0) is 9.10. The minimum atomic E-state index is 0. The predicted molar refractivity (Wildman–Crippen MR) is 56.1 cm³/mol. The predicted octanol–water partition coefficient (Wildman–Crippen LogP) is -0.742. The van der Waals surface area contributed by atoms with Gasteiger partial charge in [0.2, 0.25) is 0 Å². The van der Waals surface area contributed by atoms with Crippen LogP contribution < -0.4 is 51.4 Å². The first-order chi connectivity index (χ1) is 6.36. The zero-order valence-electron chi connectivity index (χ0n) is 9.71. The fraction of sp³-hybridized carbons (Fsp3) is 1.00. The molecule has 0 aromatic carbocycles. The summed E-state index contributed by atoms with van der Waals surface area (Å²) in [6, 6.07) is 0.916. The number of hydrogen-bond donors (Lipinski definition) is 0. The summed E-state index contributed by atoms with van der Waals surface area (Å²) in [4.78, 5) is 2.58. The van der Waals surface area contributed by atoms with E-state index in [4.69, 9.17) is 0 Å². The molecule has 0 unspecified atom stereocenters. The summed E-state index contributed by atoms with van der Waals surface area (Å²) in [5, 5.41) is 4.40. The normalized spacial score (nSPS) is 24.4. The molecule has 76 valence electrons. The van der Waals surface area contributed by atoms with Gasteiger partial charge in [-0.05, 0) is 25.8 Å². The van der Waals surface area contributed by atoms with Crippen LogP contribution in [0.15, 0.2) is 0 Å². The van der Waals surface area contributed by atoms with E-state index in [1.807, 2.05) is 0 Å². The number of piperidine rings is 1. The standard InChI is InChI=1S/C11H21N2.K/c1-13(11-3-2-4-11)9-10-5-7-12-8-6-10;/h10-11H,2-9H2,1H3;/q-1;+1. The van der Waals surface area contributed by atoms with Crippen LogP contribution in [-0.4, -0.2) is 37.6 Å². The smallest absolute Gasteiger partial charge is 0.662 e. The first-order valence-corrected chi connectivity index (χ1v) is 5.70. The van der Waals surface area contributed by atoms with Crippen molar-refractivity contribution in [2.75, 3.05) is 26.7 Å². The molecule has 14 heavy (non-hydrogen) atoms. The Morgan fingerprint density at radius 1 is 1.14 bits per heavy atom. The van der Waals surface area contributed by atoms with Crippen LogP contribution in [0.4, 0.5) is 0 Å². The molecule has 0 aromatic heterocycles. The van der Waals surface area contributed by atoms with Crippen molar-refractivity contribution in [2.45, 2.75) is 38.1 Å². The molecule has 1 aliphatic carbocycles. The third-order valence-corrected chi connectivity index (χ3v) is 3.64. The summed E-state index contributed by atoms with van der Waals surface area (Å²) < 4.78 is 0. The van der Waals surface area contributed by atoms with E-state index < -0.39 is 0 Å². The summed E-state index contributed by atoms with van der Waals surface area (Å²) in [7, 11) is 2.30. The molecule has 0 spiro atoms. The maximum Gasteiger partial charge on any atom is 1.00 e. The fourth-order valence-corrected chi connectivity index (χ4v) is 2.37. The van der Waals surface area contributed by atoms with Gasteiger partial charge in [0.25, 0.3) is 0 Å². The van der Waals surface area contributed by atoms with Gasteiger partial charge in [0.1, 0.15) is 0 Å². The van der Waals surface area contributed by atoms with Crippen molar-refractivity contribution >= 4 is 0 Å². The van der Waals surface area contributed by atoms with Crippen LogP contribution in [0.25, 0.3) is 5.32 Å². The third-order valence-electron chi connectivity index (χ3n) is 3.64. The van der Waals surface area contributed by atoms with Gasteiger partial charge < -0.3 is 10.2 Å². The van der Waals surface area contributed by atoms with Gasteiger partial charge in [-0.15, -0.1) is 13.1 Å². The van der Waals surface area contributed by atoms with Crippen LogP contribution in [0.1, 0.15) is 32.1 Å². The van der Waals surface area contributed by atoms with Crippen LogP contribution in [-0.2, 0) is 0 Å². The first kappa shape index (κ1) is 13.6. The molecule has 1 heterocycles. The monoisotopic (exact) mass is 220 g/mol. The fourth-order valence-electron chi connectivity index (χ4n) is 2.37. The van der Waals surface area contributed by atoms with Crippen LogP contribution in [0.2, 0.25) is 0 Å². The summed E-state index contributed by atoms with van der Waals surface area (Å²) in [6.07, 6.45) is 6.99. The Balaban J connectivity index is 0.000000980. The molecular formula is C11H21KN2. The van der Waals surface area contributed by atoms with Gasteiger partial charge in [-0.25, -0.2) is 0 Å². The maximum absolute atomic E-state index is 4.40. The molecule has 1 saturated carbocycles. The number of nitrogens with zero attached hydrogens (tertiary/aromatic N) is 2. The first-order valence-electron chi connectivity index (χ1n) is 5.70. The van der Waals surface area contributed by atoms with Crippen molar-refractivity contribution in [2.24, 2.45) is 5.92 Å². The van der Waals surface area contributed by atoms with E-state index in [0.717, 1.165) is 25.0 Å². The molecule has 0 atom stereocenters. The molecule has 2 nitrogen and oxygen atoms in total. The molecule has 1 aliphatic heterocycles. The molecular weight excluding hydrogens is 199 g/mol. The molecule has 0 bridgehead atoms. The van der Waals surface area contributed by atoms with Crippen molar-refractivity contribution in [3.63, 3.8) is 0 Å². The van der Waals surface area contributed by atoms with Crippen LogP contribution in [0.5, 0.6) is 0 Å². The van der Waals surface area contributed by atoms with Gasteiger partial charge in [-0.2, -0.15) is 0 Å². The van der Waals surface area contributed by atoms with Gasteiger partial charge in [-0.1, -0.05) is 19.3 Å². The Labute approximate surface area is 131 Å². The summed E-state index contributed by atoms with van der Waals surface area (Å²) >= 11 is 0. The second kappa shape index (κ2) is 6.99. The van der Waals surface area contributed by atoms with Crippen molar-refractivity contribution in [3.8, 4) is 0 Å². The second-order valence-corrected chi connectivity index (χ2v) is 4.64. The van der Waals surface area contributed by atoms with Crippen molar-refractivity contribution in [3.05, 3.63) is 5.32 Å². The van der Waals surface area contributed by atoms with E-state index in [0.29, 0.717) is 0 Å². The second-order valence-electron chi connectivity index (χ2n) is 4.64. The molecule has 0 aromatic rings. The van der Waals surface area contributed by atoms with E-state index in [1.165, 1.54) is 38.6 Å². The Morgan fingerprint density at radius 2 is 1.79 bits per heavy atom. The van der Waals surface area contributed by atoms with Crippen molar-refractivity contribution < 1.29 is 51.4 Å². The number of rotatable bonds is 3. The van der Waals surface area contributed by atoms with Crippen LogP contribution >= 0.6 is 0 Å². The minimum Gasteiger partial charge on any atom is -0.662 e. The summed E-state index contributed by atoms with van der Waals surface area (Å²) in [5.74, 6) is 0.933. The third kappa shape index (κ3) is 3.85. The van der Waals surface area contributed by atoms with E-state index in [1.54, 1.807) is 0 Å². The van der Waals surface area contributed by atoms with Gasteiger partial charge in [-0.3, -0.25) is 0 Å². The SMILES string of the molecule is CN(CC1CC[N-]CC1)C1CCC1.[K+]. The van der Waals surface area contributed by atoms with Gasteiger partial charge in [0.05, 0.1) is 0 Å². The topological polar surface area (TPSA) is 17.3 Å². The van der Waals surface area contributed by atoms with Crippen molar-refractivity contribution in [1.82, 2.24) is 4.90 Å². The molecule has 3 heteroatoms. The van der Waals surface area contributed by atoms with Crippen LogP contribution in [0, 0.1) is 5.92 Å². The van der Waals surface area contributed by atoms with Gasteiger partial charge >= 0.3 is 51.4 Å². The van der Waals surface area contributed by atoms with E-state index in [2.05, 4.69) is 17.3 Å². The largest absolute Gasteiger partial charge is 1.00 e. The van der Waals surface area contributed by atoms with E-state index in [-0.39, 0.29) is 51.4 Å². The van der Waals surface area contributed by atoms with E-state index >= 15 is 0 Å². The quantitative estimate of drug-likeness (QED) is 0.573. The minimum absolute atomic E-state index is 0. The molecule has 2 aliphatic rings. The molecule has 2 fully saturated rings. The van der Waals surface area contributed by atoms with Gasteiger partial charge in [0, 0.05) is 12.6 Å². The average Bonchev–Trinajstić information content (AvgIpc) is 2.02. The molecule has 0 N–H and O–H groups in total. The van der Waals surface area contributed by atoms with Gasteiger partial charge in [0.15, 0.2) is 0 Å². The van der Waals surface area contributed by atoms with E-state index in [9.17, 15) is 0 Å². The molecule has 2 rings (SSSR count). The maximum atomic E-state index is 4.40. The molecule has 1 saturated heterocycles. The Morgan fingerprint density at radius 3 is 2.29 bits per heavy atom. The summed E-state index contributed by atoms with van der Waals surface area (Å²) in [5.41, 5.74) is 0. The zero-order valence-corrected chi connectivity index (χ0v) is 12.8. The number of hydrogen-bond acceptors (Lipinski definition) is 1. The molecule has 0 amide bonds.